The summed E-state index contributed by atoms with van der Waals surface area (Å²) in [6.07, 6.45) is 18.1. The lowest BCUT2D eigenvalue weighted by Gasteiger charge is -2.44. The Labute approximate surface area is 286 Å². The zero-order chi connectivity index (χ0) is 34.7. The average Bonchev–Trinajstić information content (AvgIpc) is 3.61. The lowest BCUT2D eigenvalue weighted by atomic mass is 9.80. The molecule has 2 saturated heterocycles. The topological polar surface area (TPSA) is 153 Å². The fourth-order valence-corrected chi connectivity index (χ4v) is 6.40. The van der Waals surface area contributed by atoms with Crippen molar-refractivity contribution in [3.63, 3.8) is 0 Å². The summed E-state index contributed by atoms with van der Waals surface area (Å²) in [5, 5.41) is 10.3. The highest BCUT2D eigenvalue weighted by Crippen LogP contribution is 2.44. The van der Waals surface area contributed by atoms with Crippen molar-refractivity contribution in [3.8, 4) is 0 Å². The summed E-state index contributed by atoms with van der Waals surface area (Å²) in [4.78, 5) is 42.9. The van der Waals surface area contributed by atoms with Crippen LogP contribution in [-0.2, 0) is 33.2 Å². The van der Waals surface area contributed by atoms with E-state index in [0.29, 0.717) is 61.4 Å². The van der Waals surface area contributed by atoms with Gasteiger partial charge in [0.25, 0.3) is 0 Å². The van der Waals surface area contributed by atoms with Crippen LogP contribution in [0.4, 0.5) is 0 Å². The highest BCUT2D eigenvalue weighted by Gasteiger charge is 2.47. The van der Waals surface area contributed by atoms with Crippen LogP contribution in [0.15, 0.2) is 48.8 Å². The van der Waals surface area contributed by atoms with Crippen LogP contribution in [0.1, 0.15) is 103 Å². The first-order valence-corrected chi connectivity index (χ1v) is 16.9. The Hall–Kier alpha value is -3.81. The molecule has 12 nitrogen and oxygen atoms in total. The minimum atomic E-state index is -0.961. The number of ketones is 1. The van der Waals surface area contributed by atoms with Crippen molar-refractivity contribution in [2.24, 2.45) is 0 Å². The number of carbonyl (C=O) groups excluding carboxylic acids is 3. The summed E-state index contributed by atoms with van der Waals surface area (Å²) < 4.78 is 33.6. The zero-order valence-electron chi connectivity index (χ0n) is 28.3. The van der Waals surface area contributed by atoms with Gasteiger partial charge in [-0.2, -0.15) is 0 Å². The molecule has 1 atom stereocenters. The number of aliphatic hydroxyl groups is 1. The van der Waals surface area contributed by atoms with E-state index in [4.69, 9.17) is 23.7 Å². The highest BCUT2D eigenvalue weighted by atomic mass is 16.7. The smallest absolute Gasteiger partial charge is 0.337 e. The van der Waals surface area contributed by atoms with E-state index in [0.717, 1.165) is 51.6 Å². The molecule has 2 aliphatic heterocycles. The van der Waals surface area contributed by atoms with E-state index in [9.17, 15) is 19.5 Å². The van der Waals surface area contributed by atoms with Gasteiger partial charge in [-0.3, -0.25) is 14.8 Å². The van der Waals surface area contributed by atoms with Crippen molar-refractivity contribution in [2.45, 2.75) is 93.9 Å². The van der Waals surface area contributed by atoms with Crippen molar-refractivity contribution in [2.75, 3.05) is 34.0 Å². The molecule has 0 amide bonds. The van der Waals surface area contributed by atoms with Gasteiger partial charge in [0.05, 0.1) is 61.2 Å². The van der Waals surface area contributed by atoms with E-state index in [2.05, 4.69) is 20.8 Å². The summed E-state index contributed by atoms with van der Waals surface area (Å²) in [6.45, 7) is 2.04. The third-order valence-electron chi connectivity index (χ3n) is 9.38. The Bertz CT molecular complexity index is 1490. The Morgan fingerprint density at radius 1 is 0.816 bits per heavy atom. The third kappa shape index (κ3) is 10.1. The molecule has 0 aromatic carbocycles. The van der Waals surface area contributed by atoms with Gasteiger partial charge in [-0.1, -0.05) is 12.2 Å². The molecule has 0 bridgehead atoms. The molecule has 49 heavy (non-hydrogen) atoms. The van der Waals surface area contributed by atoms with Gasteiger partial charge in [-0.25, -0.2) is 9.59 Å². The molecular formula is C37H46N2O10. The lowest BCUT2D eigenvalue weighted by molar-refractivity contribution is -0.249. The number of ether oxygens (including phenoxy) is 6. The van der Waals surface area contributed by atoms with Gasteiger partial charge in [0.15, 0.2) is 12.1 Å². The van der Waals surface area contributed by atoms with Crippen LogP contribution < -0.4 is 0 Å². The van der Waals surface area contributed by atoms with Gasteiger partial charge in [-0.15, -0.1) is 0 Å². The number of Topliss-reactive ketones (excluding diaryl/α,β-unsaturated/α-hetero) is 1. The molecule has 6 rings (SSSR count). The molecule has 1 spiro atoms. The van der Waals surface area contributed by atoms with Crippen LogP contribution >= 0.6 is 0 Å². The quantitative estimate of drug-likeness (QED) is 0.364. The minimum absolute atomic E-state index is 0.189. The van der Waals surface area contributed by atoms with Crippen molar-refractivity contribution in [1.82, 2.24) is 9.97 Å². The van der Waals surface area contributed by atoms with Crippen LogP contribution in [0.25, 0.3) is 12.2 Å². The van der Waals surface area contributed by atoms with Crippen LogP contribution in [0.3, 0.4) is 0 Å². The van der Waals surface area contributed by atoms with E-state index in [1.165, 1.54) is 20.4 Å². The molecule has 2 saturated carbocycles. The number of rotatable bonds is 8. The summed E-state index contributed by atoms with van der Waals surface area (Å²) >= 11 is 0. The summed E-state index contributed by atoms with van der Waals surface area (Å²) in [5.74, 6) is -1.08. The zero-order valence-corrected chi connectivity index (χ0v) is 28.3. The highest BCUT2D eigenvalue weighted by molar-refractivity contribution is 5.90. The van der Waals surface area contributed by atoms with Gasteiger partial charge in [0.1, 0.15) is 5.78 Å². The van der Waals surface area contributed by atoms with Gasteiger partial charge in [0.2, 0.25) is 0 Å². The normalized spacial score (nSPS) is 22.8. The molecule has 1 unspecified atom stereocenters. The van der Waals surface area contributed by atoms with Crippen molar-refractivity contribution in [3.05, 3.63) is 71.3 Å². The summed E-state index contributed by atoms with van der Waals surface area (Å²) in [5.41, 5.74) is 0.714. The molecule has 2 aromatic rings. The molecule has 2 aromatic heterocycles. The molecule has 2 aliphatic carbocycles. The van der Waals surface area contributed by atoms with Gasteiger partial charge >= 0.3 is 11.9 Å². The molecular weight excluding hydrogens is 632 g/mol. The number of aromatic nitrogens is 2. The second-order valence-electron chi connectivity index (χ2n) is 12.8. The summed E-state index contributed by atoms with van der Waals surface area (Å²) in [7, 11) is 2.69. The molecule has 4 fully saturated rings. The Morgan fingerprint density at radius 2 is 1.39 bits per heavy atom. The van der Waals surface area contributed by atoms with E-state index in [1.54, 1.807) is 42.6 Å². The number of hydrogen-bond donors (Lipinski definition) is 1. The van der Waals surface area contributed by atoms with Crippen LogP contribution in [0.2, 0.25) is 0 Å². The van der Waals surface area contributed by atoms with Gasteiger partial charge in [0, 0.05) is 44.7 Å². The van der Waals surface area contributed by atoms with Gasteiger partial charge in [-0.05, 0) is 81.4 Å². The minimum Gasteiger partial charge on any atom is -0.465 e. The number of esters is 2. The molecule has 4 aliphatic rings. The van der Waals surface area contributed by atoms with E-state index in [-0.39, 0.29) is 18.0 Å². The number of methoxy groups -OCH3 is 2. The molecule has 264 valence electrons. The van der Waals surface area contributed by atoms with E-state index >= 15 is 0 Å². The summed E-state index contributed by atoms with van der Waals surface area (Å²) in [6, 6.07) is 6.53. The number of pyridine rings is 2. The second kappa shape index (κ2) is 16.7. The number of hydrogen-bond acceptors (Lipinski definition) is 12. The largest absolute Gasteiger partial charge is 0.465 e. The second-order valence-corrected chi connectivity index (χ2v) is 12.8. The van der Waals surface area contributed by atoms with Crippen molar-refractivity contribution >= 4 is 29.9 Å². The van der Waals surface area contributed by atoms with Crippen LogP contribution in [-0.4, -0.2) is 90.1 Å². The fourth-order valence-electron chi connectivity index (χ4n) is 6.40. The standard InChI is InChI=1S/C22H29NO6.C15H17NO4/c1-25-20(24)17-6-12-23-18(16-17)5-7-21(29-19-4-2-3-13-26-19)8-10-22(11-9-21)27-14-15-28-22;1-20-14(18)11-5-9-16-12(10-11)2-6-15(19)7-3-13(17)4-8-15/h5-7,12,16,19H,2-4,8-11,13-15H2,1H3;2,5-6,9-10,19H,3-4,7-8H2,1H3/b7-5+;6-2+. The first-order chi connectivity index (χ1) is 23.6. The first-order valence-electron chi connectivity index (χ1n) is 16.9. The maximum atomic E-state index is 11.8. The SMILES string of the molecule is COC(=O)c1ccnc(/C=C/C2(O)CCC(=O)CC2)c1.COC(=O)c1ccnc(/C=C/C2(OC3CCCCO3)CCC3(CC2)OCCO3)c1. The Kier molecular flexibility index (Phi) is 12.5. The van der Waals surface area contributed by atoms with E-state index < -0.39 is 23.0 Å². The Balaban J connectivity index is 0.000000205. The van der Waals surface area contributed by atoms with Crippen molar-refractivity contribution in [1.29, 1.82) is 0 Å². The number of carbonyl (C=O) groups is 3. The Morgan fingerprint density at radius 3 is 1.92 bits per heavy atom. The fraction of sp³-hybridized carbons (Fsp3) is 0.541. The molecule has 12 heteroatoms. The van der Waals surface area contributed by atoms with Gasteiger partial charge < -0.3 is 33.5 Å². The third-order valence-corrected chi connectivity index (χ3v) is 9.38. The average molecular weight is 679 g/mol. The maximum Gasteiger partial charge on any atom is 0.337 e. The van der Waals surface area contributed by atoms with Crippen LogP contribution in [0, 0.1) is 0 Å². The molecule has 0 radical (unpaired) electrons. The predicted molar refractivity (Wildman–Crippen MR) is 178 cm³/mol. The lowest BCUT2D eigenvalue weighted by Crippen LogP contribution is -2.46. The maximum absolute atomic E-state index is 11.8. The molecule has 1 N–H and O–H groups in total. The van der Waals surface area contributed by atoms with E-state index in [1.807, 2.05) is 6.08 Å². The first kappa shape index (κ1) is 36.5. The predicted octanol–water partition coefficient (Wildman–Crippen LogP) is 5.24. The van der Waals surface area contributed by atoms with Crippen LogP contribution in [0.5, 0.6) is 0 Å². The number of nitrogens with zero attached hydrogens (tertiary/aromatic N) is 2. The molecule has 4 heterocycles. The monoisotopic (exact) mass is 678 g/mol. The van der Waals surface area contributed by atoms with Crippen molar-refractivity contribution < 1.29 is 47.9 Å².